The van der Waals surface area contributed by atoms with E-state index in [1.807, 2.05) is 0 Å². The molecule has 1 fully saturated rings. The maximum atomic E-state index is 11.3. The van der Waals surface area contributed by atoms with Crippen molar-refractivity contribution >= 4 is 20.2 Å². The maximum Gasteiger partial charge on any atom is 0.264 e. The molecule has 1 heterocycles. The molecule has 0 amide bonds. The third kappa shape index (κ3) is 5.74. The highest BCUT2D eigenvalue weighted by Gasteiger charge is 2.48. The minimum absolute atomic E-state index is 0.176. The second kappa shape index (κ2) is 6.87. The van der Waals surface area contributed by atoms with Gasteiger partial charge in [0, 0.05) is 7.11 Å². The quantitative estimate of drug-likeness (QED) is 0.349. The number of nitrogens with zero attached hydrogens (tertiary/aromatic N) is 2. The van der Waals surface area contributed by atoms with Gasteiger partial charge in [-0.05, 0) is 0 Å². The Labute approximate surface area is 122 Å². The summed E-state index contributed by atoms with van der Waals surface area (Å²) >= 11 is 0. The first kappa shape index (κ1) is 18.1. The van der Waals surface area contributed by atoms with Gasteiger partial charge in [0.2, 0.25) is 4.91 Å². The second-order valence-corrected chi connectivity index (χ2v) is 7.45. The molecular formula is C8H16N3O8S2+. The van der Waals surface area contributed by atoms with E-state index >= 15 is 0 Å². The van der Waals surface area contributed by atoms with Gasteiger partial charge in [0.15, 0.2) is 18.4 Å². The predicted molar refractivity (Wildman–Crippen MR) is 67.3 cm³/mol. The van der Waals surface area contributed by atoms with Crippen LogP contribution in [0.4, 0.5) is 0 Å². The smallest absolute Gasteiger partial charge is 0.264 e. The third-order valence-corrected chi connectivity index (χ3v) is 3.56. The van der Waals surface area contributed by atoms with Gasteiger partial charge in [-0.1, -0.05) is 0 Å². The molecular weight excluding hydrogens is 330 g/mol. The van der Waals surface area contributed by atoms with E-state index in [4.69, 9.17) is 23.4 Å². The Balaban J connectivity index is 3.19. The Kier molecular flexibility index (Phi) is 5.92. The van der Waals surface area contributed by atoms with Crippen molar-refractivity contribution in [3.8, 4) is 0 Å². The van der Waals surface area contributed by atoms with Gasteiger partial charge in [-0.25, -0.2) is 0 Å². The summed E-state index contributed by atoms with van der Waals surface area (Å²) < 4.78 is 65.0. The molecule has 21 heavy (non-hydrogen) atoms. The third-order valence-electron chi connectivity index (χ3n) is 2.41. The summed E-state index contributed by atoms with van der Waals surface area (Å²) in [5, 5.41) is 3.45. The normalized spacial score (nSPS) is 30.6. The van der Waals surface area contributed by atoms with Crippen LogP contribution in [0.1, 0.15) is 0 Å². The Bertz CT molecular complexity index is 611. The average Bonchev–Trinajstić information content (AvgIpc) is 2.30. The number of ether oxygens (including phenoxy) is 2. The van der Waals surface area contributed by atoms with E-state index in [0.29, 0.717) is 0 Å². The van der Waals surface area contributed by atoms with E-state index < -0.39 is 44.8 Å². The second-order valence-electron chi connectivity index (χ2n) is 4.25. The molecule has 0 aromatic heterocycles. The lowest BCUT2D eigenvalue weighted by molar-refractivity contribution is -0.224. The molecule has 0 bridgehead atoms. The largest absolute Gasteiger partial charge is 0.353 e. The molecule has 0 radical (unpaired) electrons. The molecule has 0 saturated carbocycles. The van der Waals surface area contributed by atoms with Gasteiger partial charge < -0.3 is 9.47 Å². The van der Waals surface area contributed by atoms with E-state index in [0.717, 1.165) is 12.5 Å². The molecule has 0 spiro atoms. The van der Waals surface area contributed by atoms with Crippen molar-refractivity contribution < 1.29 is 34.7 Å². The van der Waals surface area contributed by atoms with Crippen molar-refractivity contribution in [3.63, 3.8) is 0 Å². The Morgan fingerprint density at radius 3 is 2.10 bits per heavy atom. The molecule has 1 aliphatic heterocycles. The van der Waals surface area contributed by atoms with Crippen molar-refractivity contribution in [2.45, 2.75) is 24.5 Å². The maximum absolute atomic E-state index is 11.3. The van der Waals surface area contributed by atoms with E-state index in [9.17, 15) is 16.8 Å². The molecule has 1 N–H and O–H groups in total. The summed E-state index contributed by atoms with van der Waals surface area (Å²) in [5.74, 6) is 0. The first-order valence-corrected chi connectivity index (χ1v) is 9.18. The van der Waals surface area contributed by atoms with Crippen molar-refractivity contribution in [3.05, 3.63) is 0 Å². The summed E-state index contributed by atoms with van der Waals surface area (Å²) in [5.41, 5.74) is 6.71. The zero-order valence-corrected chi connectivity index (χ0v) is 13.1. The highest BCUT2D eigenvalue weighted by molar-refractivity contribution is 7.86. The molecule has 4 unspecified atom stereocenters. The van der Waals surface area contributed by atoms with Crippen LogP contribution >= 0.6 is 0 Å². The number of hydrogen-bond donors (Lipinski definition) is 1. The van der Waals surface area contributed by atoms with Crippen molar-refractivity contribution in [2.24, 2.45) is 5.11 Å². The molecule has 0 aromatic rings. The monoisotopic (exact) mass is 346 g/mol. The van der Waals surface area contributed by atoms with Gasteiger partial charge in [0.05, 0.1) is 19.1 Å². The predicted octanol–water partition coefficient (Wildman–Crippen LogP) is -1.40. The molecule has 0 aliphatic carbocycles. The first-order chi connectivity index (χ1) is 9.57. The van der Waals surface area contributed by atoms with Crippen LogP contribution in [-0.2, 0) is 38.1 Å². The zero-order valence-electron chi connectivity index (χ0n) is 11.5. The van der Waals surface area contributed by atoms with Crippen LogP contribution in [0.25, 0.3) is 0 Å². The minimum Gasteiger partial charge on any atom is -0.353 e. The van der Waals surface area contributed by atoms with Crippen LogP contribution in [0.5, 0.6) is 0 Å². The highest BCUT2D eigenvalue weighted by atomic mass is 32.2. The summed E-state index contributed by atoms with van der Waals surface area (Å²) in [6, 6.07) is -1.03. The molecule has 1 saturated heterocycles. The van der Waals surface area contributed by atoms with Crippen LogP contribution in [0.2, 0.25) is 0 Å². The number of rotatable bonds is 6. The lowest BCUT2D eigenvalue weighted by Crippen LogP contribution is -2.56. The van der Waals surface area contributed by atoms with Gasteiger partial charge in [-0.2, -0.15) is 16.8 Å². The fourth-order valence-corrected chi connectivity index (χ4v) is 3.00. The fraction of sp³-hybridized carbons (Fsp3) is 1.00. The van der Waals surface area contributed by atoms with Gasteiger partial charge in [0.1, 0.15) is 16.7 Å². The lowest BCUT2D eigenvalue weighted by atomic mass is 10.0. The molecule has 1 aliphatic rings. The van der Waals surface area contributed by atoms with E-state index in [2.05, 4.69) is 10.0 Å². The lowest BCUT2D eigenvalue weighted by Gasteiger charge is -2.36. The molecule has 13 heteroatoms. The van der Waals surface area contributed by atoms with Crippen LogP contribution in [0, 0.1) is 5.53 Å². The number of nitrogens with one attached hydrogen (secondary N) is 1. The molecule has 4 atom stereocenters. The number of methoxy groups -OCH3 is 1. The van der Waals surface area contributed by atoms with Gasteiger partial charge in [0.25, 0.3) is 20.2 Å². The SMILES string of the molecule is COC1OCC(N=[N+]=N)C(OS(C)(=O)=O)C1OS(C)(=O)=O. The molecule has 11 nitrogen and oxygen atoms in total. The first-order valence-electron chi connectivity index (χ1n) is 5.55. The molecule has 122 valence electrons. The standard InChI is InChI=1S/C8H16N3O8S2/c1-16-8-7(19-21(3,14)15)6(18-20(2,12)13)5(4-17-8)10-11-9/h5-9H,4H2,1-3H3/q+1. The van der Waals surface area contributed by atoms with Crippen LogP contribution in [0.3, 0.4) is 0 Å². The summed E-state index contributed by atoms with van der Waals surface area (Å²) in [4.78, 5) is 2.80. The molecule has 1 rings (SSSR count). The topological polar surface area (TPSA) is 156 Å². The minimum atomic E-state index is -3.95. The van der Waals surface area contributed by atoms with Gasteiger partial charge >= 0.3 is 0 Å². The van der Waals surface area contributed by atoms with Gasteiger partial charge in [-0.15, -0.1) is 0 Å². The highest BCUT2D eigenvalue weighted by Crippen LogP contribution is 2.26. The van der Waals surface area contributed by atoms with Crippen LogP contribution in [-0.4, -0.2) is 67.6 Å². The van der Waals surface area contributed by atoms with Crippen LogP contribution in [0.15, 0.2) is 5.11 Å². The fourth-order valence-electron chi connectivity index (χ4n) is 1.75. The number of hydrogen-bond acceptors (Lipinski definition) is 10. The molecule has 0 aromatic carbocycles. The zero-order chi connectivity index (χ0) is 16.3. The summed E-state index contributed by atoms with van der Waals surface area (Å²) in [6.07, 6.45) is -2.38. The Morgan fingerprint density at radius 1 is 1.14 bits per heavy atom. The van der Waals surface area contributed by atoms with Crippen molar-refractivity contribution in [1.29, 1.82) is 5.53 Å². The van der Waals surface area contributed by atoms with E-state index in [-0.39, 0.29) is 6.61 Å². The van der Waals surface area contributed by atoms with Crippen LogP contribution < -0.4 is 4.91 Å². The summed E-state index contributed by atoms with van der Waals surface area (Å²) in [6.45, 7) is -0.176. The Morgan fingerprint density at radius 2 is 1.67 bits per heavy atom. The van der Waals surface area contributed by atoms with Gasteiger partial charge in [-0.3, -0.25) is 8.37 Å². The summed E-state index contributed by atoms with van der Waals surface area (Å²) in [7, 11) is -6.66. The average molecular weight is 346 g/mol. The van der Waals surface area contributed by atoms with E-state index in [1.54, 1.807) is 0 Å². The van der Waals surface area contributed by atoms with Crippen molar-refractivity contribution in [1.82, 2.24) is 4.91 Å². The Hall–Kier alpha value is -0.950. The van der Waals surface area contributed by atoms with E-state index in [1.165, 1.54) is 7.11 Å². The van der Waals surface area contributed by atoms with Crippen molar-refractivity contribution in [2.75, 3.05) is 26.2 Å².